The molecule has 3 aromatic heterocycles. The molecule has 0 fully saturated rings. The van der Waals surface area contributed by atoms with Crippen molar-refractivity contribution in [1.82, 2.24) is 24.7 Å². The molecule has 9 nitrogen and oxygen atoms in total. The zero-order valence-electron chi connectivity index (χ0n) is 19.6. The fraction of sp³-hybridized carbons (Fsp3) is 0.125. The van der Waals surface area contributed by atoms with Crippen LogP contribution in [0.3, 0.4) is 0 Å². The van der Waals surface area contributed by atoms with Crippen molar-refractivity contribution in [1.29, 1.82) is 0 Å². The van der Waals surface area contributed by atoms with Crippen LogP contribution in [-0.4, -0.2) is 44.9 Å². The highest BCUT2D eigenvalue weighted by molar-refractivity contribution is 6.31. The molecule has 38 heavy (non-hydrogen) atoms. The van der Waals surface area contributed by atoms with E-state index in [1.165, 1.54) is 44.8 Å². The van der Waals surface area contributed by atoms with Crippen molar-refractivity contribution in [2.24, 2.45) is 0 Å². The number of carbonyl (C=O) groups excluding carboxylic acids is 1. The van der Waals surface area contributed by atoms with Crippen molar-refractivity contribution in [3.63, 3.8) is 0 Å². The van der Waals surface area contributed by atoms with E-state index in [2.05, 4.69) is 30.1 Å². The molecule has 0 atom stereocenters. The van der Waals surface area contributed by atoms with Gasteiger partial charge in [-0.25, -0.2) is 23.8 Å². The number of esters is 1. The highest BCUT2D eigenvalue weighted by Crippen LogP contribution is 2.32. The van der Waals surface area contributed by atoms with E-state index in [-0.39, 0.29) is 28.2 Å². The van der Waals surface area contributed by atoms with Gasteiger partial charge in [-0.15, -0.1) is 0 Å². The first-order valence-electron chi connectivity index (χ1n) is 10.6. The van der Waals surface area contributed by atoms with Crippen molar-refractivity contribution >= 4 is 35.3 Å². The van der Waals surface area contributed by atoms with E-state index >= 15 is 0 Å². The minimum atomic E-state index is -4.68. The fourth-order valence-electron chi connectivity index (χ4n) is 3.24. The van der Waals surface area contributed by atoms with Gasteiger partial charge in [-0.2, -0.15) is 23.3 Å². The molecule has 0 aliphatic heterocycles. The van der Waals surface area contributed by atoms with E-state index in [9.17, 15) is 22.4 Å². The number of ether oxygens (including phenoxy) is 2. The minimum Gasteiger partial charge on any atom is -0.481 e. The van der Waals surface area contributed by atoms with Crippen molar-refractivity contribution in [3.05, 3.63) is 77.1 Å². The standard InChI is InChI=1S/C24H17ClF4N6O3/c1-37-20(36)6-3-13-9-14(11-30-22(13)38-2)16-12-31-23(32-15-4-5-18(26)17(25)10-15)33-21(16)35-8-7-19(34-35)24(27,28)29/h3-12H,1-2H3,(H,31,32,33)/b6-3+. The van der Waals surface area contributed by atoms with E-state index in [0.29, 0.717) is 16.8 Å². The average Bonchev–Trinajstić information content (AvgIpc) is 3.40. The number of pyridine rings is 1. The second-order valence-corrected chi connectivity index (χ2v) is 7.91. The maximum atomic E-state index is 13.5. The Morgan fingerprint density at radius 1 is 1.13 bits per heavy atom. The molecule has 0 saturated carbocycles. The molecular formula is C24H17ClF4N6O3. The molecule has 196 valence electrons. The predicted molar refractivity (Wildman–Crippen MR) is 130 cm³/mol. The van der Waals surface area contributed by atoms with Gasteiger partial charge in [-0.1, -0.05) is 11.6 Å². The van der Waals surface area contributed by atoms with E-state index in [1.54, 1.807) is 6.07 Å². The first-order chi connectivity index (χ1) is 18.1. The Kier molecular flexibility index (Phi) is 7.57. The number of rotatable bonds is 7. The number of nitrogens with zero attached hydrogens (tertiary/aromatic N) is 5. The number of aromatic nitrogens is 5. The molecule has 0 aliphatic carbocycles. The molecule has 3 heterocycles. The highest BCUT2D eigenvalue weighted by atomic mass is 35.5. The third-order valence-corrected chi connectivity index (χ3v) is 5.31. The maximum Gasteiger partial charge on any atom is 0.435 e. The monoisotopic (exact) mass is 548 g/mol. The largest absolute Gasteiger partial charge is 0.481 e. The van der Waals surface area contributed by atoms with Crippen molar-refractivity contribution < 1.29 is 31.8 Å². The summed E-state index contributed by atoms with van der Waals surface area (Å²) in [5.41, 5.74) is 0.225. The number of anilines is 2. The molecular weight excluding hydrogens is 532 g/mol. The first kappa shape index (κ1) is 26.5. The molecule has 0 radical (unpaired) electrons. The summed E-state index contributed by atoms with van der Waals surface area (Å²) in [5.74, 6) is -1.12. The quantitative estimate of drug-likeness (QED) is 0.184. The fourth-order valence-corrected chi connectivity index (χ4v) is 3.42. The van der Waals surface area contributed by atoms with Gasteiger partial charge < -0.3 is 14.8 Å². The summed E-state index contributed by atoms with van der Waals surface area (Å²) in [6, 6.07) is 6.21. The number of halogens is 5. The molecule has 4 aromatic rings. The van der Waals surface area contributed by atoms with Gasteiger partial charge in [0.1, 0.15) is 5.82 Å². The summed E-state index contributed by atoms with van der Waals surface area (Å²) in [6.07, 6.45) is 1.73. The normalized spacial score (nSPS) is 11.6. The third-order valence-electron chi connectivity index (χ3n) is 5.02. The van der Waals surface area contributed by atoms with Gasteiger partial charge in [0.2, 0.25) is 11.8 Å². The smallest absolute Gasteiger partial charge is 0.435 e. The van der Waals surface area contributed by atoms with Crippen LogP contribution in [0.15, 0.2) is 55.0 Å². The summed E-state index contributed by atoms with van der Waals surface area (Å²) >= 11 is 5.82. The van der Waals surface area contributed by atoms with Gasteiger partial charge >= 0.3 is 12.1 Å². The Morgan fingerprint density at radius 2 is 1.92 bits per heavy atom. The van der Waals surface area contributed by atoms with Crippen molar-refractivity contribution in [2.45, 2.75) is 6.18 Å². The number of carbonyl (C=O) groups is 1. The lowest BCUT2D eigenvalue weighted by Crippen LogP contribution is -2.10. The van der Waals surface area contributed by atoms with Gasteiger partial charge in [0.05, 0.1) is 19.2 Å². The number of benzene rings is 1. The Balaban J connectivity index is 1.83. The molecule has 0 spiro atoms. The van der Waals surface area contributed by atoms with Crippen LogP contribution in [-0.2, 0) is 15.7 Å². The lowest BCUT2D eigenvalue weighted by atomic mass is 10.1. The predicted octanol–water partition coefficient (Wildman–Crippen LogP) is 5.47. The van der Waals surface area contributed by atoms with Crippen LogP contribution < -0.4 is 10.1 Å². The van der Waals surface area contributed by atoms with Gasteiger partial charge in [0, 0.05) is 47.0 Å². The number of methoxy groups -OCH3 is 2. The van der Waals surface area contributed by atoms with E-state index in [0.717, 1.165) is 29.1 Å². The van der Waals surface area contributed by atoms with Crippen LogP contribution >= 0.6 is 11.6 Å². The summed E-state index contributed by atoms with van der Waals surface area (Å²) in [6.45, 7) is 0. The molecule has 0 unspecified atom stereocenters. The highest BCUT2D eigenvalue weighted by Gasteiger charge is 2.34. The van der Waals surface area contributed by atoms with Crippen LogP contribution in [0.25, 0.3) is 23.0 Å². The van der Waals surface area contributed by atoms with Crippen LogP contribution in [0.5, 0.6) is 5.88 Å². The average molecular weight is 549 g/mol. The molecule has 0 amide bonds. The Bertz CT molecular complexity index is 1520. The second-order valence-electron chi connectivity index (χ2n) is 7.51. The molecule has 1 aromatic carbocycles. The van der Waals surface area contributed by atoms with Crippen LogP contribution in [0.1, 0.15) is 11.3 Å². The third kappa shape index (κ3) is 5.89. The number of hydrogen-bond donors (Lipinski definition) is 1. The Labute approximate surface area is 217 Å². The summed E-state index contributed by atoms with van der Waals surface area (Å²) in [5, 5.41) is 6.31. The summed E-state index contributed by atoms with van der Waals surface area (Å²) < 4.78 is 64.1. The SMILES string of the molecule is COC(=O)/C=C/c1cc(-c2cnc(Nc3ccc(F)c(Cl)c3)nc2-n2ccc(C(F)(F)F)n2)cnc1OC. The zero-order chi connectivity index (χ0) is 27.4. The van der Waals surface area contributed by atoms with Gasteiger partial charge in [0.25, 0.3) is 0 Å². The van der Waals surface area contributed by atoms with Gasteiger partial charge in [0.15, 0.2) is 11.5 Å². The maximum absolute atomic E-state index is 13.5. The molecule has 0 aliphatic rings. The molecule has 14 heteroatoms. The van der Waals surface area contributed by atoms with E-state index < -0.39 is 23.7 Å². The molecule has 4 rings (SSSR count). The van der Waals surface area contributed by atoms with E-state index in [4.69, 9.17) is 16.3 Å². The minimum absolute atomic E-state index is 0.0252. The Morgan fingerprint density at radius 3 is 2.58 bits per heavy atom. The first-order valence-corrected chi connectivity index (χ1v) is 11.0. The van der Waals surface area contributed by atoms with Crippen LogP contribution in [0.4, 0.5) is 29.2 Å². The molecule has 1 N–H and O–H groups in total. The lowest BCUT2D eigenvalue weighted by Gasteiger charge is -2.13. The topological polar surface area (TPSA) is 104 Å². The van der Waals surface area contributed by atoms with Gasteiger partial charge in [-0.05, 0) is 36.4 Å². The van der Waals surface area contributed by atoms with E-state index in [1.807, 2.05) is 0 Å². The number of nitrogens with one attached hydrogen (secondary N) is 1. The number of alkyl halides is 3. The van der Waals surface area contributed by atoms with Gasteiger partial charge in [-0.3, -0.25) is 0 Å². The molecule has 0 bridgehead atoms. The van der Waals surface area contributed by atoms with Crippen molar-refractivity contribution in [2.75, 3.05) is 19.5 Å². The second kappa shape index (κ2) is 10.8. The van der Waals surface area contributed by atoms with Crippen LogP contribution in [0.2, 0.25) is 5.02 Å². The Hall–Kier alpha value is -4.52. The summed E-state index contributed by atoms with van der Waals surface area (Å²) in [4.78, 5) is 24.3. The lowest BCUT2D eigenvalue weighted by molar-refractivity contribution is -0.141. The summed E-state index contributed by atoms with van der Waals surface area (Å²) in [7, 11) is 2.60. The van der Waals surface area contributed by atoms with Crippen LogP contribution in [0, 0.1) is 5.82 Å². The zero-order valence-corrected chi connectivity index (χ0v) is 20.4. The van der Waals surface area contributed by atoms with Crippen molar-refractivity contribution in [3.8, 4) is 22.8 Å². The number of hydrogen-bond acceptors (Lipinski definition) is 8. The molecule has 0 saturated heterocycles.